The van der Waals surface area contributed by atoms with Crippen LogP contribution in [0.5, 0.6) is 0 Å². The van der Waals surface area contributed by atoms with Gasteiger partial charge in [-0.3, -0.25) is 4.79 Å². The molecular weight excluding hydrogens is 536 g/mol. The number of halogens is 1. The summed E-state index contributed by atoms with van der Waals surface area (Å²) in [5, 5.41) is -0.193. The Bertz CT molecular complexity index is 804. The first kappa shape index (κ1) is 35.6. The Hall–Kier alpha value is -0.860. The maximum atomic E-state index is 11.0. The van der Waals surface area contributed by atoms with Gasteiger partial charge in [-0.1, -0.05) is 128 Å². The number of carbonyl (C=O) groups excluding carboxylic acids is 1. The number of ether oxygens (including phenoxy) is 1. The SMILES string of the molecule is CCCCCCCc1ccc(C(CCCCCCCCC(=O)Cl)OC2CCC(C3CCC(CCCC)CC3)CC2)cc1. The summed E-state index contributed by atoms with van der Waals surface area (Å²) in [7, 11) is 0. The largest absolute Gasteiger partial charge is 0.370 e. The van der Waals surface area contributed by atoms with Crippen LogP contribution in [0.15, 0.2) is 24.3 Å². The molecule has 2 aliphatic carbocycles. The van der Waals surface area contributed by atoms with E-state index >= 15 is 0 Å². The van der Waals surface area contributed by atoms with Gasteiger partial charge in [0.2, 0.25) is 5.24 Å². The summed E-state index contributed by atoms with van der Waals surface area (Å²) in [4.78, 5) is 11.0. The molecule has 0 spiro atoms. The van der Waals surface area contributed by atoms with E-state index in [1.165, 1.54) is 146 Å². The highest BCUT2D eigenvalue weighted by Crippen LogP contribution is 2.42. The van der Waals surface area contributed by atoms with Gasteiger partial charge < -0.3 is 4.74 Å². The van der Waals surface area contributed by atoms with E-state index in [0.29, 0.717) is 12.5 Å². The Kier molecular flexibility index (Phi) is 18.5. The zero-order valence-electron chi connectivity index (χ0n) is 27.6. The number of rotatable bonds is 22. The van der Waals surface area contributed by atoms with Crippen LogP contribution in [0.4, 0.5) is 0 Å². The van der Waals surface area contributed by atoms with E-state index in [1.54, 1.807) is 0 Å². The van der Waals surface area contributed by atoms with Crippen molar-refractivity contribution in [2.45, 2.75) is 187 Å². The summed E-state index contributed by atoms with van der Waals surface area (Å²) in [6, 6.07) is 9.49. The minimum absolute atomic E-state index is 0.193. The van der Waals surface area contributed by atoms with Crippen molar-refractivity contribution in [2.24, 2.45) is 17.8 Å². The van der Waals surface area contributed by atoms with E-state index in [9.17, 15) is 4.79 Å². The number of hydrogen-bond acceptors (Lipinski definition) is 2. The first-order valence-corrected chi connectivity index (χ1v) is 18.9. The minimum Gasteiger partial charge on any atom is -0.370 e. The zero-order valence-corrected chi connectivity index (χ0v) is 28.3. The average Bonchev–Trinajstić information content (AvgIpc) is 3.01. The van der Waals surface area contributed by atoms with Gasteiger partial charge in [0.15, 0.2) is 0 Å². The second-order valence-corrected chi connectivity index (χ2v) is 14.4. The van der Waals surface area contributed by atoms with Crippen LogP contribution in [0.25, 0.3) is 0 Å². The summed E-state index contributed by atoms with van der Waals surface area (Å²) in [6.07, 6.45) is 32.7. The molecule has 2 nitrogen and oxygen atoms in total. The molecule has 1 atom stereocenters. The molecule has 0 N–H and O–H groups in total. The number of aryl methyl sites for hydroxylation is 1. The van der Waals surface area contributed by atoms with E-state index in [2.05, 4.69) is 38.1 Å². The van der Waals surface area contributed by atoms with Gasteiger partial charge in [0.05, 0.1) is 12.2 Å². The topological polar surface area (TPSA) is 26.3 Å². The Morgan fingerprint density at radius 2 is 1.29 bits per heavy atom. The van der Waals surface area contributed by atoms with E-state index in [4.69, 9.17) is 16.3 Å². The molecule has 42 heavy (non-hydrogen) atoms. The molecule has 0 saturated heterocycles. The van der Waals surface area contributed by atoms with Gasteiger partial charge in [-0.05, 0) is 105 Å². The van der Waals surface area contributed by atoms with Crippen molar-refractivity contribution in [1.82, 2.24) is 0 Å². The average molecular weight is 601 g/mol. The first-order chi connectivity index (χ1) is 20.6. The Balaban J connectivity index is 1.45. The van der Waals surface area contributed by atoms with Gasteiger partial charge in [-0.15, -0.1) is 0 Å². The number of hydrogen-bond donors (Lipinski definition) is 0. The molecule has 1 unspecified atom stereocenters. The van der Waals surface area contributed by atoms with Crippen molar-refractivity contribution in [3.63, 3.8) is 0 Å². The summed E-state index contributed by atoms with van der Waals surface area (Å²) in [6.45, 7) is 4.62. The van der Waals surface area contributed by atoms with Crippen LogP contribution in [-0.4, -0.2) is 11.3 Å². The van der Waals surface area contributed by atoms with Crippen molar-refractivity contribution in [3.05, 3.63) is 35.4 Å². The van der Waals surface area contributed by atoms with E-state index in [1.807, 2.05) is 0 Å². The fraction of sp³-hybridized carbons (Fsp3) is 0.821. The minimum atomic E-state index is -0.193. The highest BCUT2D eigenvalue weighted by molar-refractivity contribution is 6.63. The number of benzene rings is 1. The molecule has 0 amide bonds. The van der Waals surface area contributed by atoms with Crippen molar-refractivity contribution in [1.29, 1.82) is 0 Å². The van der Waals surface area contributed by atoms with Crippen LogP contribution in [0.1, 0.15) is 185 Å². The quantitative estimate of drug-likeness (QED) is 0.0977. The van der Waals surface area contributed by atoms with Crippen molar-refractivity contribution in [3.8, 4) is 0 Å². The second kappa shape index (κ2) is 21.8. The van der Waals surface area contributed by atoms with Crippen LogP contribution in [0, 0.1) is 17.8 Å². The lowest BCUT2D eigenvalue weighted by molar-refractivity contribution is -0.111. The first-order valence-electron chi connectivity index (χ1n) is 18.5. The summed E-state index contributed by atoms with van der Waals surface area (Å²) < 4.78 is 6.96. The molecule has 0 heterocycles. The van der Waals surface area contributed by atoms with Gasteiger partial charge in [0, 0.05) is 6.42 Å². The maximum Gasteiger partial charge on any atom is 0.221 e. The van der Waals surface area contributed by atoms with Crippen LogP contribution in [-0.2, 0) is 16.0 Å². The third-order valence-electron chi connectivity index (χ3n) is 10.6. The van der Waals surface area contributed by atoms with E-state index in [-0.39, 0.29) is 11.3 Å². The molecule has 240 valence electrons. The zero-order chi connectivity index (χ0) is 29.8. The van der Waals surface area contributed by atoms with Crippen LogP contribution >= 0.6 is 11.6 Å². The molecule has 2 saturated carbocycles. The molecular formula is C39H65ClO2. The van der Waals surface area contributed by atoms with Crippen LogP contribution in [0.2, 0.25) is 0 Å². The smallest absolute Gasteiger partial charge is 0.221 e. The molecule has 2 aliphatic rings. The molecule has 0 aromatic heterocycles. The standard InChI is InChI=1S/C39H65ClO2/c1-3-5-7-10-13-17-33-22-26-36(27-23-33)38(18-14-11-8-9-12-15-19-39(40)41)42-37-30-28-35(29-31-37)34-24-20-32(21-25-34)16-6-4-2/h22-23,26-27,32,34-35,37-38H,3-21,24-25,28-31H2,1-2H3. The van der Waals surface area contributed by atoms with Gasteiger partial charge in [0.1, 0.15) is 0 Å². The molecule has 1 aromatic carbocycles. The van der Waals surface area contributed by atoms with E-state index < -0.39 is 0 Å². The van der Waals surface area contributed by atoms with Gasteiger partial charge in [-0.25, -0.2) is 0 Å². The van der Waals surface area contributed by atoms with Crippen LogP contribution < -0.4 is 0 Å². The Labute approximate surface area is 265 Å². The summed E-state index contributed by atoms with van der Waals surface area (Å²) >= 11 is 5.48. The molecule has 0 radical (unpaired) electrons. The lowest BCUT2D eigenvalue weighted by atomic mass is 9.70. The van der Waals surface area contributed by atoms with Crippen molar-refractivity contribution in [2.75, 3.05) is 0 Å². The van der Waals surface area contributed by atoms with Gasteiger partial charge in [0.25, 0.3) is 0 Å². The molecule has 0 aliphatic heterocycles. The predicted molar refractivity (Wildman–Crippen MR) is 181 cm³/mol. The third-order valence-corrected chi connectivity index (χ3v) is 10.8. The normalized spacial score (nSPS) is 23.6. The van der Waals surface area contributed by atoms with Gasteiger partial charge >= 0.3 is 0 Å². The van der Waals surface area contributed by atoms with Gasteiger partial charge in [-0.2, -0.15) is 0 Å². The third kappa shape index (κ3) is 14.3. The molecule has 2 fully saturated rings. The second-order valence-electron chi connectivity index (χ2n) is 14.0. The van der Waals surface area contributed by atoms with Crippen molar-refractivity contribution < 1.29 is 9.53 Å². The predicted octanol–water partition coefficient (Wildman–Crippen LogP) is 12.7. The lowest BCUT2D eigenvalue weighted by Gasteiger charge is -2.38. The maximum absolute atomic E-state index is 11.0. The van der Waals surface area contributed by atoms with Crippen LogP contribution in [0.3, 0.4) is 0 Å². The molecule has 3 heteroatoms. The fourth-order valence-electron chi connectivity index (χ4n) is 7.82. The molecule has 0 bridgehead atoms. The highest BCUT2D eigenvalue weighted by Gasteiger charge is 2.32. The molecule has 3 rings (SSSR count). The Morgan fingerprint density at radius 1 is 0.714 bits per heavy atom. The lowest BCUT2D eigenvalue weighted by Crippen LogP contribution is -2.29. The fourth-order valence-corrected chi connectivity index (χ4v) is 7.95. The highest BCUT2D eigenvalue weighted by atomic mass is 35.5. The monoisotopic (exact) mass is 600 g/mol. The summed E-state index contributed by atoms with van der Waals surface area (Å²) in [5.74, 6) is 2.95. The Morgan fingerprint density at radius 3 is 1.93 bits per heavy atom. The van der Waals surface area contributed by atoms with Crippen molar-refractivity contribution >= 4 is 16.8 Å². The molecule has 1 aromatic rings. The summed E-state index contributed by atoms with van der Waals surface area (Å²) in [5.41, 5.74) is 2.87. The number of unbranched alkanes of at least 4 members (excludes halogenated alkanes) is 10. The van der Waals surface area contributed by atoms with E-state index in [0.717, 1.165) is 37.0 Å². The number of carbonyl (C=O) groups is 1.